The van der Waals surface area contributed by atoms with Crippen molar-refractivity contribution in [2.24, 2.45) is 5.92 Å². The fourth-order valence-electron chi connectivity index (χ4n) is 2.34. The van der Waals surface area contributed by atoms with Crippen molar-refractivity contribution in [1.82, 2.24) is 10.3 Å². The highest BCUT2D eigenvalue weighted by Crippen LogP contribution is 2.38. The summed E-state index contributed by atoms with van der Waals surface area (Å²) < 4.78 is 28.6. The largest absolute Gasteiger partial charge is 0.309 e. The highest BCUT2D eigenvalue weighted by Gasteiger charge is 2.42. The summed E-state index contributed by atoms with van der Waals surface area (Å²) in [7, 11) is 0. The fourth-order valence-corrected chi connectivity index (χ4v) is 3.00. The van der Waals surface area contributed by atoms with Crippen LogP contribution in [-0.4, -0.2) is 17.5 Å². The average Bonchev–Trinajstić information content (AvgIpc) is 2.79. The van der Waals surface area contributed by atoms with Gasteiger partial charge in [-0.1, -0.05) is 13.0 Å². The van der Waals surface area contributed by atoms with E-state index in [9.17, 15) is 8.78 Å². The van der Waals surface area contributed by atoms with Gasteiger partial charge in [0.05, 0.1) is 15.7 Å². The van der Waals surface area contributed by atoms with E-state index in [-0.39, 0.29) is 12.5 Å². The van der Waals surface area contributed by atoms with Crippen LogP contribution in [0.1, 0.15) is 24.9 Å². The van der Waals surface area contributed by atoms with Crippen LogP contribution in [0.15, 0.2) is 23.7 Å². The Bertz CT molecular complexity index is 567. The summed E-state index contributed by atoms with van der Waals surface area (Å²) in [6.07, 6.45) is -0.135. The van der Waals surface area contributed by atoms with Gasteiger partial charge in [0.15, 0.2) is 0 Å². The number of nitrogens with one attached hydrogen (secondary N) is 1. The molecule has 2 atom stereocenters. The minimum Gasteiger partial charge on any atom is -0.309 e. The molecule has 1 aliphatic heterocycles. The molecule has 1 aromatic heterocycles. The second-order valence-corrected chi connectivity index (χ2v) is 5.79. The smallest absolute Gasteiger partial charge is 0.253 e. The van der Waals surface area contributed by atoms with E-state index in [0.29, 0.717) is 6.54 Å². The topological polar surface area (TPSA) is 24.9 Å². The van der Waals surface area contributed by atoms with E-state index >= 15 is 0 Å². The second-order valence-electron chi connectivity index (χ2n) is 4.91. The highest BCUT2D eigenvalue weighted by atomic mass is 32.1. The lowest BCUT2D eigenvalue weighted by molar-refractivity contribution is -0.0841. The van der Waals surface area contributed by atoms with Gasteiger partial charge < -0.3 is 5.32 Å². The van der Waals surface area contributed by atoms with E-state index in [0.717, 1.165) is 15.8 Å². The lowest BCUT2D eigenvalue weighted by Crippen LogP contribution is -2.44. The van der Waals surface area contributed by atoms with Crippen molar-refractivity contribution in [2.45, 2.75) is 25.3 Å². The Morgan fingerprint density at radius 1 is 1.44 bits per heavy atom. The van der Waals surface area contributed by atoms with Gasteiger partial charge >= 0.3 is 0 Å². The lowest BCUT2D eigenvalue weighted by Gasteiger charge is -2.35. The van der Waals surface area contributed by atoms with E-state index < -0.39 is 11.8 Å². The molecular weight excluding hydrogens is 254 g/mol. The standard InChI is InChI=1S/C13H14F2N2S/c1-8-6-16-11(5-13(8,14)15)9-2-3-12-10(4-9)17-7-18-12/h2-4,7-8,11,16H,5-6H2,1H3/t8-,11-/m0/s1. The van der Waals surface area contributed by atoms with Crippen molar-refractivity contribution in [3.63, 3.8) is 0 Å². The fraction of sp³-hybridized carbons (Fsp3) is 0.462. The van der Waals surface area contributed by atoms with Crippen LogP contribution in [0.3, 0.4) is 0 Å². The zero-order valence-corrected chi connectivity index (χ0v) is 10.8. The van der Waals surface area contributed by atoms with Crippen LogP contribution in [-0.2, 0) is 0 Å². The molecule has 0 radical (unpaired) electrons. The van der Waals surface area contributed by atoms with Gasteiger partial charge in [-0.2, -0.15) is 0 Å². The molecule has 1 fully saturated rings. The third-order valence-electron chi connectivity index (χ3n) is 3.62. The molecule has 96 valence electrons. The minimum atomic E-state index is -2.59. The van der Waals surface area contributed by atoms with E-state index in [2.05, 4.69) is 10.3 Å². The molecule has 1 aromatic carbocycles. The predicted molar refractivity (Wildman–Crippen MR) is 69.1 cm³/mol. The van der Waals surface area contributed by atoms with E-state index in [1.54, 1.807) is 23.8 Å². The summed E-state index contributed by atoms with van der Waals surface area (Å²) in [5.74, 6) is -3.19. The Balaban J connectivity index is 1.90. The maximum atomic E-state index is 13.7. The molecule has 0 unspecified atom stereocenters. The number of fused-ring (bicyclic) bond motifs is 1. The molecule has 2 nitrogen and oxygen atoms in total. The molecule has 5 heteroatoms. The molecule has 0 amide bonds. The summed E-state index contributed by atoms with van der Waals surface area (Å²) in [6, 6.07) is 5.52. The van der Waals surface area contributed by atoms with Crippen molar-refractivity contribution in [3.8, 4) is 0 Å². The quantitative estimate of drug-likeness (QED) is 0.854. The molecule has 0 spiro atoms. The van der Waals surface area contributed by atoms with Crippen LogP contribution >= 0.6 is 11.3 Å². The number of hydrogen-bond donors (Lipinski definition) is 1. The third kappa shape index (κ3) is 2.01. The van der Waals surface area contributed by atoms with E-state index in [1.165, 1.54) is 0 Å². The summed E-state index contributed by atoms with van der Waals surface area (Å²) in [5.41, 5.74) is 3.57. The Kier molecular flexibility index (Phi) is 2.83. The van der Waals surface area contributed by atoms with Gasteiger partial charge in [0, 0.05) is 24.9 Å². The van der Waals surface area contributed by atoms with Crippen molar-refractivity contribution in [1.29, 1.82) is 0 Å². The van der Waals surface area contributed by atoms with Crippen LogP contribution in [0.5, 0.6) is 0 Å². The van der Waals surface area contributed by atoms with Crippen LogP contribution in [0.25, 0.3) is 10.2 Å². The first-order chi connectivity index (χ1) is 8.56. The Labute approximate surface area is 108 Å². The molecule has 1 saturated heterocycles. The van der Waals surface area contributed by atoms with Crippen LogP contribution in [0.2, 0.25) is 0 Å². The molecule has 2 aromatic rings. The number of nitrogens with zero attached hydrogens (tertiary/aromatic N) is 1. The van der Waals surface area contributed by atoms with Crippen molar-refractivity contribution < 1.29 is 8.78 Å². The maximum absolute atomic E-state index is 13.7. The predicted octanol–water partition coefficient (Wildman–Crippen LogP) is 3.60. The number of alkyl halides is 2. The van der Waals surface area contributed by atoms with Gasteiger partial charge in [-0.25, -0.2) is 13.8 Å². The van der Waals surface area contributed by atoms with Crippen LogP contribution < -0.4 is 5.32 Å². The third-order valence-corrected chi connectivity index (χ3v) is 4.43. The highest BCUT2D eigenvalue weighted by molar-refractivity contribution is 7.16. The SMILES string of the molecule is C[C@H]1CN[C@H](c2ccc3scnc3c2)CC1(F)F. The zero-order valence-electron chi connectivity index (χ0n) is 9.99. The summed E-state index contributed by atoms with van der Waals surface area (Å²) in [5, 5.41) is 3.19. The number of piperidine rings is 1. The van der Waals surface area contributed by atoms with Crippen molar-refractivity contribution >= 4 is 21.6 Å². The van der Waals surface area contributed by atoms with E-state index in [1.807, 2.05) is 18.2 Å². The number of aromatic nitrogens is 1. The molecule has 3 rings (SSSR count). The van der Waals surface area contributed by atoms with Crippen LogP contribution in [0, 0.1) is 5.92 Å². The van der Waals surface area contributed by atoms with Gasteiger partial charge in [-0.3, -0.25) is 0 Å². The Morgan fingerprint density at radius 3 is 3.06 bits per heavy atom. The first-order valence-electron chi connectivity index (χ1n) is 6.00. The lowest BCUT2D eigenvalue weighted by atomic mass is 9.88. The Hall–Kier alpha value is -1.07. The Morgan fingerprint density at radius 2 is 2.28 bits per heavy atom. The monoisotopic (exact) mass is 268 g/mol. The normalized spacial score (nSPS) is 27.5. The molecule has 0 bridgehead atoms. The first-order valence-corrected chi connectivity index (χ1v) is 6.88. The minimum absolute atomic E-state index is 0.135. The molecule has 0 aliphatic carbocycles. The number of benzene rings is 1. The number of thiazole rings is 1. The summed E-state index contributed by atoms with van der Waals surface area (Å²) in [6.45, 7) is 1.94. The number of hydrogen-bond acceptors (Lipinski definition) is 3. The molecule has 18 heavy (non-hydrogen) atoms. The molecule has 1 aliphatic rings. The molecule has 0 saturated carbocycles. The maximum Gasteiger partial charge on any atom is 0.253 e. The first kappa shape index (κ1) is 12.0. The average molecular weight is 268 g/mol. The zero-order chi connectivity index (χ0) is 12.8. The second kappa shape index (κ2) is 4.24. The number of halogens is 2. The van der Waals surface area contributed by atoms with Gasteiger partial charge in [0.25, 0.3) is 5.92 Å². The number of rotatable bonds is 1. The van der Waals surface area contributed by atoms with Gasteiger partial charge in [0.2, 0.25) is 0 Å². The molecule has 2 heterocycles. The molecule has 1 N–H and O–H groups in total. The van der Waals surface area contributed by atoms with Crippen molar-refractivity contribution in [3.05, 3.63) is 29.3 Å². The van der Waals surface area contributed by atoms with Gasteiger partial charge in [0.1, 0.15) is 0 Å². The summed E-state index contributed by atoms with van der Waals surface area (Å²) >= 11 is 1.56. The van der Waals surface area contributed by atoms with Gasteiger partial charge in [-0.05, 0) is 17.7 Å². The summed E-state index contributed by atoms with van der Waals surface area (Å²) in [4.78, 5) is 4.23. The van der Waals surface area contributed by atoms with Crippen molar-refractivity contribution in [2.75, 3.05) is 6.54 Å². The van der Waals surface area contributed by atoms with Crippen LogP contribution in [0.4, 0.5) is 8.78 Å². The van der Waals surface area contributed by atoms with Gasteiger partial charge in [-0.15, -0.1) is 11.3 Å². The molecular formula is C13H14F2N2S. The van der Waals surface area contributed by atoms with E-state index in [4.69, 9.17) is 0 Å².